The summed E-state index contributed by atoms with van der Waals surface area (Å²) in [6, 6.07) is 4.69. The number of aromatic nitrogens is 2. The summed E-state index contributed by atoms with van der Waals surface area (Å²) in [6.07, 6.45) is 0.996. The number of aryl methyl sites for hydroxylation is 1. The van der Waals surface area contributed by atoms with Gasteiger partial charge in [-0.25, -0.2) is 9.37 Å². The Morgan fingerprint density at radius 1 is 1.39 bits per heavy atom. The predicted octanol–water partition coefficient (Wildman–Crippen LogP) is 2.80. The smallest absolute Gasteiger partial charge is 0.125 e. The maximum Gasteiger partial charge on any atom is 0.125 e. The summed E-state index contributed by atoms with van der Waals surface area (Å²) in [4.78, 5) is 4.59. The summed E-state index contributed by atoms with van der Waals surface area (Å²) in [7, 11) is 1.92. The highest BCUT2D eigenvalue weighted by Crippen LogP contribution is 2.25. The summed E-state index contributed by atoms with van der Waals surface area (Å²) in [5, 5.41) is 0. The third-order valence-corrected chi connectivity index (χ3v) is 3.28. The summed E-state index contributed by atoms with van der Waals surface area (Å²) in [5.74, 6) is 1.51. The zero-order valence-corrected chi connectivity index (χ0v) is 11.2. The Morgan fingerprint density at radius 2 is 2.11 bits per heavy atom. The van der Waals surface area contributed by atoms with Crippen LogP contribution in [0.1, 0.15) is 32.0 Å². The number of imidazole rings is 1. The quantitative estimate of drug-likeness (QED) is 0.905. The zero-order valence-electron chi connectivity index (χ0n) is 11.2. The molecule has 0 saturated carbocycles. The number of hydrogen-bond donors (Lipinski definition) is 1. The molecule has 2 rings (SSSR count). The van der Waals surface area contributed by atoms with Gasteiger partial charge in [-0.1, -0.05) is 13.8 Å². The Kier molecular flexibility index (Phi) is 3.66. The third-order valence-electron chi connectivity index (χ3n) is 3.28. The largest absolute Gasteiger partial charge is 0.331 e. The molecular weight excluding hydrogens is 229 g/mol. The van der Waals surface area contributed by atoms with Crippen LogP contribution in [0.15, 0.2) is 18.2 Å². The van der Waals surface area contributed by atoms with E-state index >= 15 is 0 Å². The van der Waals surface area contributed by atoms with E-state index in [1.54, 1.807) is 6.07 Å². The van der Waals surface area contributed by atoms with Gasteiger partial charge in [0.2, 0.25) is 0 Å². The van der Waals surface area contributed by atoms with Gasteiger partial charge in [0.15, 0.2) is 0 Å². The number of fused-ring (bicyclic) bond motifs is 1. The van der Waals surface area contributed by atoms with Crippen LogP contribution < -0.4 is 5.73 Å². The zero-order chi connectivity index (χ0) is 13.3. The van der Waals surface area contributed by atoms with Crippen LogP contribution in [0.25, 0.3) is 11.0 Å². The number of benzene rings is 1. The first-order valence-corrected chi connectivity index (χ1v) is 6.35. The van der Waals surface area contributed by atoms with Gasteiger partial charge < -0.3 is 10.3 Å². The second-order valence-electron chi connectivity index (χ2n) is 5.22. The molecule has 18 heavy (non-hydrogen) atoms. The highest BCUT2D eigenvalue weighted by Gasteiger charge is 2.18. The van der Waals surface area contributed by atoms with Gasteiger partial charge in [-0.15, -0.1) is 0 Å². The van der Waals surface area contributed by atoms with E-state index in [1.165, 1.54) is 12.1 Å². The van der Waals surface area contributed by atoms with Gasteiger partial charge in [0, 0.05) is 19.5 Å². The Balaban J connectivity index is 2.47. The van der Waals surface area contributed by atoms with Crippen molar-refractivity contribution in [3.8, 4) is 0 Å². The maximum atomic E-state index is 13.3. The third kappa shape index (κ3) is 2.38. The molecule has 1 unspecified atom stereocenters. The Labute approximate surface area is 107 Å². The molecule has 0 saturated heterocycles. The molecule has 2 aromatic rings. The molecule has 1 aromatic heterocycles. The fourth-order valence-corrected chi connectivity index (χ4v) is 2.42. The lowest BCUT2D eigenvalue weighted by atomic mass is 9.96. The molecule has 2 N–H and O–H groups in total. The molecule has 98 valence electrons. The molecule has 4 heteroatoms. The van der Waals surface area contributed by atoms with Crippen LogP contribution in [0, 0.1) is 11.7 Å². The summed E-state index contributed by atoms with van der Waals surface area (Å²) < 4.78 is 15.2. The topological polar surface area (TPSA) is 43.8 Å². The fourth-order valence-electron chi connectivity index (χ4n) is 2.42. The van der Waals surface area contributed by atoms with E-state index in [1.807, 2.05) is 11.6 Å². The van der Waals surface area contributed by atoms with Gasteiger partial charge in [0.25, 0.3) is 0 Å². The van der Waals surface area contributed by atoms with Gasteiger partial charge in [0.05, 0.1) is 11.0 Å². The molecule has 0 aliphatic heterocycles. The number of nitrogens with zero attached hydrogens (tertiary/aromatic N) is 2. The molecule has 0 fully saturated rings. The second-order valence-corrected chi connectivity index (χ2v) is 5.22. The van der Waals surface area contributed by atoms with Crippen LogP contribution in [0.2, 0.25) is 0 Å². The lowest BCUT2D eigenvalue weighted by molar-refractivity contribution is 0.480. The summed E-state index contributed by atoms with van der Waals surface area (Å²) >= 11 is 0. The van der Waals surface area contributed by atoms with E-state index in [0.717, 1.165) is 23.3 Å². The molecule has 0 spiro atoms. The number of nitrogens with two attached hydrogens (primary N) is 1. The molecule has 0 aliphatic rings. The standard InChI is InChI=1S/C14H20FN3/c1-9(2)6-10(8-16)14-17-12-5-4-11(15)7-13(12)18(14)3/h4-5,7,9-10H,6,8,16H2,1-3H3. The maximum absolute atomic E-state index is 13.3. The minimum Gasteiger partial charge on any atom is -0.331 e. The van der Waals surface area contributed by atoms with Crippen molar-refractivity contribution in [3.63, 3.8) is 0 Å². The second kappa shape index (κ2) is 5.06. The van der Waals surface area contributed by atoms with Gasteiger partial charge in [-0.3, -0.25) is 0 Å². The monoisotopic (exact) mass is 249 g/mol. The van der Waals surface area contributed by atoms with Gasteiger partial charge in [-0.2, -0.15) is 0 Å². The van der Waals surface area contributed by atoms with E-state index in [2.05, 4.69) is 18.8 Å². The van der Waals surface area contributed by atoms with E-state index < -0.39 is 0 Å². The van der Waals surface area contributed by atoms with Crippen molar-refractivity contribution in [1.82, 2.24) is 9.55 Å². The van der Waals surface area contributed by atoms with E-state index in [0.29, 0.717) is 12.5 Å². The van der Waals surface area contributed by atoms with Crippen LogP contribution >= 0.6 is 0 Å². The molecule has 1 atom stereocenters. The molecule has 0 radical (unpaired) electrons. The first-order chi connectivity index (χ1) is 8.52. The Morgan fingerprint density at radius 3 is 2.72 bits per heavy atom. The van der Waals surface area contributed by atoms with Crippen molar-refractivity contribution in [2.24, 2.45) is 18.7 Å². The molecule has 1 aromatic carbocycles. The molecule has 0 amide bonds. The normalized spacial score (nSPS) is 13.4. The van der Waals surface area contributed by atoms with E-state index in [9.17, 15) is 4.39 Å². The minimum absolute atomic E-state index is 0.227. The Bertz CT molecular complexity index is 545. The summed E-state index contributed by atoms with van der Waals surface area (Å²) in [6.45, 7) is 4.91. The van der Waals surface area contributed by atoms with Crippen LogP contribution in [0.3, 0.4) is 0 Å². The molecule has 0 bridgehead atoms. The van der Waals surface area contributed by atoms with E-state index in [-0.39, 0.29) is 11.7 Å². The van der Waals surface area contributed by atoms with Crippen LogP contribution in [0.5, 0.6) is 0 Å². The lowest BCUT2D eigenvalue weighted by Crippen LogP contribution is -2.18. The van der Waals surface area contributed by atoms with Crippen molar-refractivity contribution >= 4 is 11.0 Å². The Hall–Kier alpha value is -1.42. The lowest BCUT2D eigenvalue weighted by Gasteiger charge is -2.16. The van der Waals surface area contributed by atoms with Crippen LogP contribution in [0.4, 0.5) is 4.39 Å². The van der Waals surface area contributed by atoms with Crippen molar-refractivity contribution in [2.45, 2.75) is 26.2 Å². The van der Waals surface area contributed by atoms with Gasteiger partial charge in [-0.05, 0) is 30.5 Å². The number of hydrogen-bond acceptors (Lipinski definition) is 2. The van der Waals surface area contributed by atoms with Crippen LogP contribution in [-0.2, 0) is 7.05 Å². The first-order valence-electron chi connectivity index (χ1n) is 6.35. The average molecular weight is 249 g/mol. The van der Waals surface area contributed by atoms with Crippen molar-refractivity contribution < 1.29 is 4.39 Å². The van der Waals surface area contributed by atoms with Gasteiger partial charge in [0.1, 0.15) is 11.6 Å². The number of rotatable bonds is 4. The highest BCUT2D eigenvalue weighted by atomic mass is 19.1. The molecule has 1 heterocycles. The highest BCUT2D eigenvalue weighted by molar-refractivity contribution is 5.76. The van der Waals surface area contributed by atoms with E-state index in [4.69, 9.17) is 5.73 Å². The van der Waals surface area contributed by atoms with Crippen molar-refractivity contribution in [2.75, 3.05) is 6.54 Å². The molecule has 3 nitrogen and oxygen atoms in total. The van der Waals surface area contributed by atoms with Crippen molar-refractivity contribution in [3.05, 3.63) is 29.8 Å². The number of halogens is 1. The van der Waals surface area contributed by atoms with Gasteiger partial charge >= 0.3 is 0 Å². The predicted molar refractivity (Wildman–Crippen MR) is 71.9 cm³/mol. The fraction of sp³-hybridized carbons (Fsp3) is 0.500. The summed E-state index contributed by atoms with van der Waals surface area (Å²) in [5.41, 5.74) is 7.50. The first kappa shape index (κ1) is 13.0. The van der Waals surface area contributed by atoms with Crippen LogP contribution in [-0.4, -0.2) is 16.1 Å². The molecular formula is C14H20FN3. The molecule has 0 aliphatic carbocycles. The average Bonchev–Trinajstić information content (AvgIpc) is 2.64. The minimum atomic E-state index is -0.231. The SMILES string of the molecule is CC(C)CC(CN)c1nc2ccc(F)cc2n1C. The van der Waals surface area contributed by atoms with Crippen molar-refractivity contribution in [1.29, 1.82) is 0 Å².